The zero-order chi connectivity index (χ0) is 38.9. The zero-order valence-corrected chi connectivity index (χ0v) is 36.0. The number of esters is 3. The number of ether oxygens (including phenoxy) is 3. The van der Waals surface area contributed by atoms with Crippen molar-refractivity contribution in [1.82, 2.24) is 0 Å². The maximum atomic E-state index is 12.6. The minimum Gasteiger partial charge on any atom is -0.462 e. The van der Waals surface area contributed by atoms with Gasteiger partial charge in [0.15, 0.2) is 6.10 Å². The Kier molecular flexibility index (Phi) is 40.3. The molecule has 0 aromatic heterocycles. The molecule has 0 unspecified atom stereocenters. The van der Waals surface area contributed by atoms with Crippen molar-refractivity contribution in [2.45, 2.75) is 265 Å². The quantitative estimate of drug-likeness (QED) is 0.0351. The van der Waals surface area contributed by atoms with Crippen molar-refractivity contribution in [1.29, 1.82) is 0 Å². The highest BCUT2D eigenvalue weighted by Gasteiger charge is 2.19. The number of hydrogen-bond acceptors (Lipinski definition) is 6. The molecule has 53 heavy (non-hydrogen) atoms. The summed E-state index contributed by atoms with van der Waals surface area (Å²) < 4.78 is 16.6. The Labute approximate surface area is 329 Å². The van der Waals surface area contributed by atoms with Crippen LogP contribution in [-0.2, 0) is 28.6 Å². The molecule has 0 heterocycles. The molecular formula is C47H90O6. The van der Waals surface area contributed by atoms with Crippen LogP contribution in [0.5, 0.6) is 0 Å². The monoisotopic (exact) mass is 751 g/mol. The van der Waals surface area contributed by atoms with Gasteiger partial charge in [-0.3, -0.25) is 14.4 Å². The molecule has 0 fully saturated rings. The van der Waals surface area contributed by atoms with E-state index in [2.05, 4.69) is 27.7 Å². The molecule has 314 valence electrons. The first-order chi connectivity index (χ1) is 25.9. The van der Waals surface area contributed by atoms with Crippen LogP contribution in [0.1, 0.15) is 259 Å². The Morgan fingerprint density at radius 2 is 0.623 bits per heavy atom. The van der Waals surface area contributed by atoms with Crippen LogP contribution < -0.4 is 0 Å². The summed E-state index contributed by atoms with van der Waals surface area (Å²) in [4.78, 5) is 37.4. The van der Waals surface area contributed by atoms with Crippen LogP contribution in [-0.4, -0.2) is 37.2 Å². The van der Waals surface area contributed by atoms with Crippen LogP contribution in [0.15, 0.2) is 0 Å². The minimum absolute atomic E-state index is 0.0644. The summed E-state index contributed by atoms with van der Waals surface area (Å²) in [6.45, 7) is 8.93. The van der Waals surface area contributed by atoms with Crippen molar-refractivity contribution < 1.29 is 28.6 Å². The third kappa shape index (κ3) is 41.4. The summed E-state index contributed by atoms with van der Waals surface area (Å²) in [7, 11) is 0. The molecule has 6 heteroatoms. The van der Waals surface area contributed by atoms with Gasteiger partial charge in [0.25, 0.3) is 0 Å². The van der Waals surface area contributed by atoms with Gasteiger partial charge in [-0.25, -0.2) is 0 Å². The van der Waals surface area contributed by atoms with Gasteiger partial charge in [0.05, 0.1) is 0 Å². The highest BCUT2D eigenvalue weighted by atomic mass is 16.6. The average Bonchev–Trinajstić information content (AvgIpc) is 3.14. The standard InChI is InChI=1S/C47H90O6/c1-5-7-9-11-12-13-20-25-28-32-36-40-47(50)53-44(41-51-45(48)38-34-29-10-8-6-2)42-52-46(49)39-35-31-27-24-22-19-17-15-14-16-18-21-23-26-30-33-37-43(3)4/h43-44H,5-42H2,1-4H3/t44-/m1/s1. The van der Waals surface area contributed by atoms with Gasteiger partial charge in [-0.15, -0.1) is 0 Å². The summed E-state index contributed by atoms with van der Waals surface area (Å²) in [5.41, 5.74) is 0. The normalized spacial score (nSPS) is 11.9. The molecule has 0 saturated carbocycles. The third-order valence-corrected chi connectivity index (χ3v) is 10.5. The fraction of sp³-hybridized carbons (Fsp3) is 0.936. The molecule has 0 radical (unpaired) electrons. The molecule has 0 N–H and O–H groups in total. The lowest BCUT2D eigenvalue weighted by Crippen LogP contribution is -2.30. The Balaban J connectivity index is 4.09. The van der Waals surface area contributed by atoms with E-state index in [9.17, 15) is 14.4 Å². The van der Waals surface area contributed by atoms with Crippen LogP contribution in [0.2, 0.25) is 0 Å². The van der Waals surface area contributed by atoms with Crippen molar-refractivity contribution >= 4 is 17.9 Å². The van der Waals surface area contributed by atoms with E-state index in [0.717, 1.165) is 70.1 Å². The predicted octanol–water partition coefficient (Wildman–Crippen LogP) is 14.7. The molecule has 6 nitrogen and oxygen atoms in total. The first-order valence-corrected chi connectivity index (χ1v) is 23.4. The van der Waals surface area contributed by atoms with Crippen LogP contribution in [0.4, 0.5) is 0 Å². The van der Waals surface area contributed by atoms with Gasteiger partial charge in [0.1, 0.15) is 13.2 Å². The number of unbranched alkanes of at least 4 members (excludes halogenated alkanes) is 29. The minimum atomic E-state index is -0.757. The molecule has 0 aliphatic carbocycles. The molecule has 0 aliphatic rings. The largest absolute Gasteiger partial charge is 0.462 e. The molecule has 0 rings (SSSR count). The lowest BCUT2D eigenvalue weighted by atomic mass is 10.0. The smallest absolute Gasteiger partial charge is 0.306 e. The van der Waals surface area contributed by atoms with Gasteiger partial charge in [-0.1, -0.05) is 220 Å². The molecule has 0 bridgehead atoms. The van der Waals surface area contributed by atoms with Crippen molar-refractivity contribution in [3.63, 3.8) is 0 Å². The van der Waals surface area contributed by atoms with E-state index >= 15 is 0 Å². The topological polar surface area (TPSA) is 78.9 Å². The number of rotatable bonds is 42. The van der Waals surface area contributed by atoms with Gasteiger partial charge in [0, 0.05) is 19.3 Å². The average molecular weight is 751 g/mol. The molecule has 1 atom stereocenters. The molecule has 0 aromatic carbocycles. The van der Waals surface area contributed by atoms with Crippen LogP contribution in [0, 0.1) is 5.92 Å². The summed E-state index contributed by atoms with van der Waals surface area (Å²) >= 11 is 0. The second-order valence-corrected chi connectivity index (χ2v) is 16.5. The van der Waals surface area contributed by atoms with E-state index in [1.165, 1.54) is 148 Å². The Morgan fingerprint density at radius 1 is 0.358 bits per heavy atom. The first-order valence-electron chi connectivity index (χ1n) is 23.4. The third-order valence-electron chi connectivity index (χ3n) is 10.5. The molecule has 0 aromatic rings. The number of hydrogen-bond donors (Lipinski definition) is 0. The highest BCUT2D eigenvalue weighted by molar-refractivity contribution is 5.71. The second-order valence-electron chi connectivity index (χ2n) is 16.5. The Bertz CT molecular complexity index is 796. The summed E-state index contributed by atoms with van der Waals surface area (Å²) in [5.74, 6) is -0.0141. The van der Waals surface area contributed by atoms with Crippen molar-refractivity contribution in [3.8, 4) is 0 Å². The summed E-state index contributed by atoms with van der Waals surface area (Å²) in [5, 5.41) is 0. The van der Waals surface area contributed by atoms with Gasteiger partial charge >= 0.3 is 17.9 Å². The van der Waals surface area contributed by atoms with E-state index in [-0.39, 0.29) is 31.1 Å². The molecule has 0 spiro atoms. The fourth-order valence-corrected chi connectivity index (χ4v) is 6.98. The van der Waals surface area contributed by atoms with Crippen LogP contribution >= 0.6 is 0 Å². The van der Waals surface area contributed by atoms with E-state index in [1.54, 1.807) is 0 Å². The maximum absolute atomic E-state index is 12.6. The summed E-state index contributed by atoms with van der Waals surface area (Å²) in [6.07, 6.45) is 41.2. The maximum Gasteiger partial charge on any atom is 0.306 e. The number of carbonyl (C=O) groups is 3. The van der Waals surface area contributed by atoms with E-state index in [1.807, 2.05) is 0 Å². The van der Waals surface area contributed by atoms with Crippen molar-refractivity contribution in [2.24, 2.45) is 5.92 Å². The molecule has 0 aliphatic heterocycles. The van der Waals surface area contributed by atoms with E-state index < -0.39 is 6.10 Å². The highest BCUT2D eigenvalue weighted by Crippen LogP contribution is 2.16. The lowest BCUT2D eigenvalue weighted by Gasteiger charge is -2.18. The Morgan fingerprint density at radius 3 is 0.925 bits per heavy atom. The molecule has 0 saturated heterocycles. The fourth-order valence-electron chi connectivity index (χ4n) is 6.98. The SMILES string of the molecule is CCCCCCCCCCCCCC(=O)O[C@H](COC(=O)CCCCCCC)COC(=O)CCCCCCCCCCCCCCCCCCC(C)C. The van der Waals surface area contributed by atoms with Crippen molar-refractivity contribution in [2.75, 3.05) is 13.2 Å². The van der Waals surface area contributed by atoms with Gasteiger partial charge in [0.2, 0.25) is 0 Å². The van der Waals surface area contributed by atoms with Gasteiger partial charge in [-0.05, 0) is 25.2 Å². The van der Waals surface area contributed by atoms with E-state index in [0.29, 0.717) is 19.3 Å². The molecule has 0 amide bonds. The van der Waals surface area contributed by atoms with Crippen LogP contribution in [0.3, 0.4) is 0 Å². The van der Waals surface area contributed by atoms with Crippen molar-refractivity contribution in [3.05, 3.63) is 0 Å². The van der Waals surface area contributed by atoms with Gasteiger partial charge in [-0.2, -0.15) is 0 Å². The Hall–Kier alpha value is -1.59. The van der Waals surface area contributed by atoms with Crippen LogP contribution in [0.25, 0.3) is 0 Å². The lowest BCUT2D eigenvalue weighted by molar-refractivity contribution is -0.167. The zero-order valence-electron chi connectivity index (χ0n) is 36.0. The molecular weight excluding hydrogens is 661 g/mol. The second kappa shape index (κ2) is 41.6. The number of carbonyl (C=O) groups excluding carboxylic acids is 3. The predicted molar refractivity (Wildman–Crippen MR) is 224 cm³/mol. The van der Waals surface area contributed by atoms with E-state index in [4.69, 9.17) is 14.2 Å². The van der Waals surface area contributed by atoms with Gasteiger partial charge < -0.3 is 14.2 Å². The first kappa shape index (κ1) is 51.4. The summed E-state index contributed by atoms with van der Waals surface area (Å²) in [6, 6.07) is 0.